The van der Waals surface area contributed by atoms with Gasteiger partial charge in [-0.2, -0.15) is 0 Å². The molecule has 1 aliphatic heterocycles. The number of nitrogens with one attached hydrogen (secondary N) is 2. The van der Waals surface area contributed by atoms with E-state index in [0.29, 0.717) is 0 Å². The lowest BCUT2D eigenvalue weighted by atomic mass is 9.84. The van der Waals surface area contributed by atoms with Crippen molar-refractivity contribution in [1.82, 2.24) is 10.9 Å². The Bertz CT molecular complexity index is 172. The predicted octanol–water partition coefficient (Wildman–Crippen LogP) is -3.71. The molecule has 70 valence electrons. The SMILES string of the molecule is OC1[C@@H](O)[C@@H]2NN[C@@H](C2O)[C@H]1O. The second-order valence-corrected chi connectivity index (χ2v) is 3.30. The topological polar surface area (TPSA) is 105 Å². The van der Waals surface area contributed by atoms with Crippen LogP contribution in [0.5, 0.6) is 0 Å². The lowest BCUT2D eigenvalue weighted by Gasteiger charge is -2.35. The number of hydrogen-bond donors (Lipinski definition) is 6. The molecule has 2 rings (SSSR count). The van der Waals surface area contributed by atoms with Gasteiger partial charge in [0.25, 0.3) is 0 Å². The van der Waals surface area contributed by atoms with Crippen LogP contribution in [0.3, 0.4) is 0 Å². The smallest absolute Gasteiger partial charge is 0.109 e. The summed E-state index contributed by atoms with van der Waals surface area (Å²) in [5, 5.41) is 37.3. The van der Waals surface area contributed by atoms with Crippen LogP contribution in [0.2, 0.25) is 0 Å². The van der Waals surface area contributed by atoms with Crippen LogP contribution < -0.4 is 10.9 Å². The summed E-state index contributed by atoms with van der Waals surface area (Å²) in [6, 6.07) is -1.21. The average molecular weight is 176 g/mol. The van der Waals surface area contributed by atoms with Crippen molar-refractivity contribution in [1.29, 1.82) is 0 Å². The first-order chi connectivity index (χ1) is 5.63. The molecule has 6 N–H and O–H groups in total. The van der Waals surface area contributed by atoms with Crippen LogP contribution in [0.1, 0.15) is 0 Å². The van der Waals surface area contributed by atoms with Gasteiger partial charge < -0.3 is 20.4 Å². The monoisotopic (exact) mass is 176 g/mol. The van der Waals surface area contributed by atoms with Gasteiger partial charge >= 0.3 is 0 Å². The van der Waals surface area contributed by atoms with Crippen LogP contribution >= 0.6 is 0 Å². The van der Waals surface area contributed by atoms with Crippen LogP contribution in [-0.2, 0) is 0 Å². The van der Waals surface area contributed by atoms with Crippen LogP contribution in [-0.4, -0.2) is 56.9 Å². The van der Waals surface area contributed by atoms with E-state index < -0.39 is 36.5 Å². The molecule has 1 saturated heterocycles. The Balaban J connectivity index is 2.23. The lowest BCUT2D eigenvalue weighted by Crippen LogP contribution is -2.61. The number of rotatable bonds is 0. The van der Waals surface area contributed by atoms with Crippen molar-refractivity contribution < 1.29 is 20.4 Å². The van der Waals surface area contributed by atoms with Gasteiger partial charge in [0, 0.05) is 0 Å². The van der Waals surface area contributed by atoms with Crippen molar-refractivity contribution in [3.8, 4) is 0 Å². The maximum Gasteiger partial charge on any atom is 0.109 e. The lowest BCUT2D eigenvalue weighted by molar-refractivity contribution is -0.124. The van der Waals surface area contributed by atoms with Crippen molar-refractivity contribution in [3.05, 3.63) is 0 Å². The summed E-state index contributed by atoms with van der Waals surface area (Å²) in [5.41, 5.74) is 5.22. The minimum atomic E-state index is -1.20. The Morgan fingerprint density at radius 3 is 1.42 bits per heavy atom. The Hall–Kier alpha value is -0.240. The zero-order valence-electron chi connectivity index (χ0n) is 6.25. The van der Waals surface area contributed by atoms with Crippen molar-refractivity contribution in [2.24, 2.45) is 0 Å². The third-order valence-corrected chi connectivity index (χ3v) is 2.59. The molecule has 0 aromatic heterocycles. The number of hydrogen-bond acceptors (Lipinski definition) is 6. The molecular weight excluding hydrogens is 164 g/mol. The molecule has 0 amide bonds. The summed E-state index contributed by atoms with van der Waals surface area (Å²) in [6.07, 6.45) is -4.34. The van der Waals surface area contributed by atoms with E-state index in [-0.39, 0.29) is 0 Å². The molecule has 12 heavy (non-hydrogen) atoms. The molecule has 0 aromatic rings. The second-order valence-electron chi connectivity index (χ2n) is 3.30. The Morgan fingerprint density at radius 1 is 0.583 bits per heavy atom. The molecule has 1 heterocycles. The van der Waals surface area contributed by atoms with Crippen molar-refractivity contribution in [3.63, 3.8) is 0 Å². The van der Waals surface area contributed by atoms with Crippen LogP contribution in [0.4, 0.5) is 0 Å². The summed E-state index contributed by atoms with van der Waals surface area (Å²) >= 11 is 0. The first-order valence-electron chi connectivity index (χ1n) is 3.86. The maximum absolute atomic E-state index is 9.41. The van der Waals surface area contributed by atoms with Gasteiger partial charge in [-0.3, -0.25) is 0 Å². The number of hydrazine groups is 1. The van der Waals surface area contributed by atoms with Gasteiger partial charge in [-0.05, 0) is 0 Å². The minimum absolute atomic E-state index is 0.603. The quantitative estimate of drug-likeness (QED) is 0.227. The van der Waals surface area contributed by atoms with Gasteiger partial charge in [0.05, 0.1) is 18.2 Å². The van der Waals surface area contributed by atoms with Crippen molar-refractivity contribution >= 4 is 0 Å². The van der Waals surface area contributed by atoms with Gasteiger partial charge in [-0.1, -0.05) is 0 Å². The van der Waals surface area contributed by atoms with Gasteiger partial charge in [0.15, 0.2) is 0 Å². The Labute approximate surface area is 68.8 Å². The molecule has 1 aliphatic carbocycles. The van der Waals surface area contributed by atoms with Crippen LogP contribution in [0.25, 0.3) is 0 Å². The van der Waals surface area contributed by atoms with Crippen molar-refractivity contribution in [2.75, 3.05) is 0 Å². The fourth-order valence-electron chi connectivity index (χ4n) is 1.79. The molecule has 2 aliphatic rings. The maximum atomic E-state index is 9.41. The summed E-state index contributed by atoms with van der Waals surface area (Å²) < 4.78 is 0. The highest BCUT2D eigenvalue weighted by atomic mass is 16.4. The summed E-state index contributed by atoms with van der Waals surface area (Å²) in [6.45, 7) is 0. The van der Waals surface area contributed by atoms with E-state index >= 15 is 0 Å². The largest absolute Gasteiger partial charge is 0.390 e. The molecule has 2 bridgehead atoms. The number of aliphatic hydroxyl groups excluding tert-OH is 4. The van der Waals surface area contributed by atoms with E-state index in [2.05, 4.69) is 10.9 Å². The molecule has 2 unspecified atom stereocenters. The zero-order valence-corrected chi connectivity index (χ0v) is 6.25. The highest BCUT2D eigenvalue weighted by Crippen LogP contribution is 2.24. The standard InChI is InChI=1S/C6H12N2O4/c9-3-1-4(10)6(12)5(11)2(3)8-7-1/h1-12H/t1-,2+,3?,4+,5-,6?. The normalized spacial score (nSPS) is 59.0. The predicted molar refractivity (Wildman–Crippen MR) is 37.9 cm³/mol. The van der Waals surface area contributed by atoms with Crippen LogP contribution in [0.15, 0.2) is 0 Å². The van der Waals surface area contributed by atoms with E-state index in [1.54, 1.807) is 0 Å². The molecule has 0 radical (unpaired) electrons. The molecule has 2 fully saturated rings. The third kappa shape index (κ3) is 0.905. The molecule has 1 saturated carbocycles. The van der Waals surface area contributed by atoms with E-state index in [1.807, 2.05) is 0 Å². The molecular formula is C6H12N2O4. The first kappa shape index (κ1) is 8.36. The Kier molecular flexibility index (Phi) is 1.83. The minimum Gasteiger partial charge on any atom is -0.390 e. The van der Waals surface area contributed by atoms with E-state index in [9.17, 15) is 20.4 Å². The van der Waals surface area contributed by atoms with E-state index in [0.717, 1.165) is 0 Å². The molecule has 6 atom stereocenters. The van der Waals surface area contributed by atoms with E-state index in [4.69, 9.17) is 0 Å². The van der Waals surface area contributed by atoms with Gasteiger partial charge in [-0.15, -0.1) is 0 Å². The highest BCUT2D eigenvalue weighted by Gasteiger charge is 2.52. The first-order valence-corrected chi connectivity index (χ1v) is 3.86. The second kappa shape index (κ2) is 2.63. The van der Waals surface area contributed by atoms with Crippen molar-refractivity contribution in [2.45, 2.75) is 36.5 Å². The number of fused-ring (bicyclic) bond motifs is 2. The molecule has 0 spiro atoms. The number of aliphatic hydroxyl groups is 4. The summed E-state index contributed by atoms with van der Waals surface area (Å²) in [4.78, 5) is 0. The molecule has 6 heteroatoms. The zero-order chi connectivity index (χ0) is 8.88. The fourth-order valence-corrected chi connectivity index (χ4v) is 1.79. The van der Waals surface area contributed by atoms with E-state index in [1.165, 1.54) is 0 Å². The molecule has 0 aromatic carbocycles. The Morgan fingerprint density at radius 2 is 1.00 bits per heavy atom. The van der Waals surface area contributed by atoms with Gasteiger partial charge in [0.2, 0.25) is 0 Å². The highest BCUT2D eigenvalue weighted by molar-refractivity contribution is 5.08. The summed E-state index contributed by atoms with van der Waals surface area (Å²) in [5.74, 6) is 0. The van der Waals surface area contributed by atoms with Gasteiger partial charge in [0.1, 0.15) is 18.3 Å². The van der Waals surface area contributed by atoms with Crippen LogP contribution in [0, 0.1) is 0 Å². The average Bonchev–Trinajstić information content (AvgIpc) is 2.38. The fraction of sp³-hybridized carbons (Fsp3) is 1.00. The van der Waals surface area contributed by atoms with Gasteiger partial charge in [-0.25, -0.2) is 10.9 Å². The summed E-state index contributed by atoms with van der Waals surface area (Å²) in [7, 11) is 0. The molecule has 6 nitrogen and oxygen atoms in total. The third-order valence-electron chi connectivity index (χ3n) is 2.59.